The molecule has 0 aliphatic rings. The van der Waals surface area contributed by atoms with Gasteiger partial charge in [-0.25, -0.2) is 10.4 Å². The van der Waals surface area contributed by atoms with Crippen LogP contribution in [0.25, 0.3) is 0 Å². The second-order valence-electron chi connectivity index (χ2n) is 2.30. The van der Waals surface area contributed by atoms with E-state index in [1.165, 1.54) is 22.2 Å². The number of aromatic nitrogens is 1. The Labute approximate surface area is 81.1 Å². The minimum absolute atomic E-state index is 0.0877. The molecule has 0 saturated heterocycles. The topological polar surface area (TPSA) is 54.0 Å². The number of nitrogens with one attached hydrogen (secondary N) is 2. The number of hydrazine groups is 1. The molecule has 78 valence electrons. The summed E-state index contributed by atoms with van der Waals surface area (Å²) in [7, 11) is 0. The zero-order valence-corrected chi connectivity index (χ0v) is 7.58. The van der Waals surface area contributed by atoms with E-state index in [1.54, 1.807) is 5.43 Å². The van der Waals surface area contributed by atoms with Gasteiger partial charge in [0.1, 0.15) is 12.2 Å². The summed E-state index contributed by atoms with van der Waals surface area (Å²) in [5, 5.41) is 1.44. The lowest BCUT2D eigenvalue weighted by atomic mass is 10.5. The van der Waals surface area contributed by atoms with Crippen molar-refractivity contribution in [1.82, 2.24) is 15.8 Å². The molecule has 0 aromatic carbocycles. The van der Waals surface area contributed by atoms with E-state index in [4.69, 9.17) is 0 Å². The van der Waals surface area contributed by atoms with Gasteiger partial charge in [-0.15, -0.1) is 11.3 Å². The van der Waals surface area contributed by atoms with Crippen molar-refractivity contribution >= 4 is 17.2 Å². The third kappa shape index (κ3) is 3.71. The highest BCUT2D eigenvalue weighted by Gasteiger charge is 2.26. The number of halogens is 3. The first kappa shape index (κ1) is 10.9. The van der Waals surface area contributed by atoms with Crippen LogP contribution in [-0.4, -0.2) is 23.6 Å². The fourth-order valence-electron chi connectivity index (χ4n) is 0.613. The van der Waals surface area contributed by atoms with Crippen LogP contribution < -0.4 is 10.9 Å². The van der Waals surface area contributed by atoms with Crippen molar-refractivity contribution in [2.45, 2.75) is 6.18 Å². The van der Waals surface area contributed by atoms with Crippen LogP contribution in [0.2, 0.25) is 0 Å². The van der Waals surface area contributed by atoms with E-state index in [1.807, 2.05) is 5.43 Å². The van der Waals surface area contributed by atoms with Gasteiger partial charge in [0.05, 0.1) is 5.51 Å². The average molecular weight is 225 g/mol. The first-order chi connectivity index (χ1) is 6.49. The van der Waals surface area contributed by atoms with E-state index in [-0.39, 0.29) is 5.69 Å². The Bertz CT molecular complexity index is 298. The van der Waals surface area contributed by atoms with Gasteiger partial charge in [0.25, 0.3) is 5.91 Å². The summed E-state index contributed by atoms with van der Waals surface area (Å²) in [6, 6.07) is 0. The lowest BCUT2D eigenvalue weighted by molar-refractivity contribution is -0.126. The third-order valence-corrected chi connectivity index (χ3v) is 1.74. The Balaban J connectivity index is 2.30. The fourth-order valence-corrected chi connectivity index (χ4v) is 1.15. The van der Waals surface area contributed by atoms with Gasteiger partial charge in [0, 0.05) is 5.38 Å². The van der Waals surface area contributed by atoms with Gasteiger partial charge in [-0.1, -0.05) is 0 Å². The van der Waals surface area contributed by atoms with Crippen LogP contribution in [0, 0.1) is 0 Å². The maximum Gasteiger partial charge on any atom is 0.402 e. The van der Waals surface area contributed by atoms with E-state index in [2.05, 4.69) is 4.98 Å². The van der Waals surface area contributed by atoms with Gasteiger partial charge in [-0.05, 0) is 0 Å². The van der Waals surface area contributed by atoms with Gasteiger partial charge in [0.2, 0.25) is 0 Å². The number of hydrogen-bond acceptors (Lipinski definition) is 4. The molecule has 1 amide bonds. The molecule has 1 aromatic heterocycles. The van der Waals surface area contributed by atoms with Crippen molar-refractivity contribution in [3.05, 3.63) is 16.6 Å². The highest BCUT2D eigenvalue weighted by molar-refractivity contribution is 7.07. The maximum absolute atomic E-state index is 11.6. The Hall–Kier alpha value is -1.15. The zero-order valence-electron chi connectivity index (χ0n) is 6.76. The molecule has 0 aliphatic carbocycles. The molecule has 0 unspecified atom stereocenters. The zero-order chi connectivity index (χ0) is 10.6. The average Bonchev–Trinajstić information content (AvgIpc) is 2.53. The first-order valence-corrected chi connectivity index (χ1v) is 4.41. The van der Waals surface area contributed by atoms with Crippen molar-refractivity contribution in [3.8, 4) is 0 Å². The van der Waals surface area contributed by atoms with E-state index >= 15 is 0 Å². The van der Waals surface area contributed by atoms with Crippen LogP contribution in [0.3, 0.4) is 0 Å². The molecule has 2 N–H and O–H groups in total. The number of rotatable bonds is 3. The van der Waals surface area contributed by atoms with Gasteiger partial charge in [0.15, 0.2) is 0 Å². The molecule has 0 fully saturated rings. The van der Waals surface area contributed by atoms with Crippen molar-refractivity contribution in [2.75, 3.05) is 6.54 Å². The van der Waals surface area contributed by atoms with Gasteiger partial charge in [-0.2, -0.15) is 13.2 Å². The SMILES string of the molecule is O=C(NNCC(F)(F)F)c1cscn1. The van der Waals surface area contributed by atoms with Crippen molar-refractivity contribution in [1.29, 1.82) is 0 Å². The molecule has 8 heteroatoms. The summed E-state index contributed by atoms with van der Waals surface area (Å²) < 4.78 is 34.9. The van der Waals surface area contributed by atoms with Crippen LogP contribution in [-0.2, 0) is 0 Å². The summed E-state index contributed by atoms with van der Waals surface area (Å²) in [5.41, 5.74) is 5.13. The van der Waals surface area contributed by atoms with Crippen LogP contribution in [0.15, 0.2) is 10.9 Å². The lowest BCUT2D eigenvalue weighted by Crippen LogP contribution is -2.42. The summed E-state index contributed by atoms with van der Waals surface area (Å²) >= 11 is 1.18. The van der Waals surface area contributed by atoms with E-state index in [0.717, 1.165) is 0 Å². The number of carbonyl (C=O) groups excluding carboxylic acids is 1. The Morgan fingerprint density at radius 3 is 2.79 bits per heavy atom. The second kappa shape index (κ2) is 4.38. The Morgan fingerprint density at radius 2 is 2.29 bits per heavy atom. The lowest BCUT2D eigenvalue weighted by Gasteiger charge is -2.08. The molecule has 0 spiro atoms. The maximum atomic E-state index is 11.6. The minimum Gasteiger partial charge on any atom is -0.286 e. The van der Waals surface area contributed by atoms with Crippen LogP contribution >= 0.6 is 11.3 Å². The van der Waals surface area contributed by atoms with E-state index in [9.17, 15) is 18.0 Å². The van der Waals surface area contributed by atoms with Crippen LogP contribution in [0.1, 0.15) is 10.5 Å². The Kier molecular flexibility index (Phi) is 3.42. The molecule has 14 heavy (non-hydrogen) atoms. The van der Waals surface area contributed by atoms with Crippen LogP contribution in [0.5, 0.6) is 0 Å². The molecule has 0 saturated carbocycles. The summed E-state index contributed by atoms with van der Waals surface area (Å²) in [6.45, 7) is -1.27. The number of amides is 1. The molecule has 1 aromatic rings. The van der Waals surface area contributed by atoms with Crippen molar-refractivity contribution < 1.29 is 18.0 Å². The number of alkyl halides is 3. The number of nitrogens with zero attached hydrogens (tertiary/aromatic N) is 1. The first-order valence-electron chi connectivity index (χ1n) is 3.47. The monoisotopic (exact) mass is 225 g/mol. The van der Waals surface area contributed by atoms with E-state index in [0.29, 0.717) is 0 Å². The minimum atomic E-state index is -4.35. The summed E-state index contributed by atoms with van der Waals surface area (Å²) in [4.78, 5) is 14.6. The number of hydrogen-bond donors (Lipinski definition) is 2. The molecular formula is C6H6F3N3OS. The predicted molar refractivity (Wildman–Crippen MR) is 43.6 cm³/mol. The molecular weight excluding hydrogens is 219 g/mol. The molecule has 1 heterocycles. The fraction of sp³-hybridized carbons (Fsp3) is 0.333. The number of thiazole rings is 1. The standard InChI is InChI=1S/C6H6F3N3OS/c7-6(8,9)2-11-12-5(13)4-1-14-3-10-4/h1,3,11H,2H2,(H,12,13). The largest absolute Gasteiger partial charge is 0.402 e. The van der Waals surface area contributed by atoms with Crippen LogP contribution in [0.4, 0.5) is 13.2 Å². The quantitative estimate of drug-likeness (QED) is 0.753. The summed E-state index contributed by atoms with van der Waals surface area (Å²) in [5.74, 6) is -0.685. The summed E-state index contributed by atoms with van der Waals surface area (Å²) in [6.07, 6.45) is -4.35. The highest BCUT2D eigenvalue weighted by atomic mass is 32.1. The second-order valence-corrected chi connectivity index (χ2v) is 3.02. The van der Waals surface area contributed by atoms with E-state index < -0.39 is 18.6 Å². The molecule has 1 rings (SSSR count). The third-order valence-electron chi connectivity index (χ3n) is 1.16. The predicted octanol–water partition coefficient (Wildman–Crippen LogP) is 0.940. The van der Waals surface area contributed by atoms with Gasteiger partial charge in [-0.3, -0.25) is 10.2 Å². The van der Waals surface area contributed by atoms with Crippen molar-refractivity contribution in [3.63, 3.8) is 0 Å². The highest BCUT2D eigenvalue weighted by Crippen LogP contribution is 2.11. The van der Waals surface area contributed by atoms with Crippen molar-refractivity contribution in [2.24, 2.45) is 0 Å². The molecule has 0 radical (unpaired) electrons. The molecule has 0 atom stereocenters. The normalized spacial score (nSPS) is 11.4. The molecule has 4 nitrogen and oxygen atoms in total. The Morgan fingerprint density at radius 1 is 1.57 bits per heavy atom. The molecule has 0 bridgehead atoms. The smallest absolute Gasteiger partial charge is 0.286 e. The number of carbonyl (C=O) groups is 1. The van der Waals surface area contributed by atoms with Gasteiger partial charge >= 0.3 is 6.18 Å². The van der Waals surface area contributed by atoms with Gasteiger partial charge < -0.3 is 0 Å². The molecule has 0 aliphatic heterocycles.